The number of hydrogen-bond acceptors (Lipinski definition) is 5. The highest BCUT2D eigenvalue weighted by Crippen LogP contribution is 2.27. The molecule has 2 heterocycles. The molecule has 0 atom stereocenters. The number of rotatable bonds is 8. The summed E-state index contributed by atoms with van der Waals surface area (Å²) in [7, 11) is -3.70. The lowest BCUT2D eigenvalue weighted by Crippen LogP contribution is -2.36. The van der Waals surface area contributed by atoms with Crippen LogP contribution >= 0.6 is 23.4 Å². The van der Waals surface area contributed by atoms with Crippen LogP contribution in [-0.2, 0) is 15.8 Å². The molecule has 6 nitrogen and oxygen atoms in total. The van der Waals surface area contributed by atoms with Crippen molar-refractivity contribution in [3.8, 4) is 0 Å². The van der Waals surface area contributed by atoms with Crippen molar-refractivity contribution in [1.82, 2.24) is 9.62 Å². The van der Waals surface area contributed by atoms with Crippen LogP contribution in [0.2, 0.25) is 5.02 Å². The highest BCUT2D eigenvalue weighted by Gasteiger charge is 2.28. The van der Waals surface area contributed by atoms with Crippen LogP contribution in [0.15, 0.2) is 45.9 Å². The molecule has 2 aromatic rings. The molecule has 0 saturated carbocycles. The molecule has 0 bridgehead atoms. The Hall–Kier alpha value is -1.48. The van der Waals surface area contributed by atoms with Crippen LogP contribution in [0.25, 0.3) is 0 Å². The molecule has 0 unspecified atom stereocenters. The topological polar surface area (TPSA) is 79.6 Å². The molecule has 0 radical (unpaired) electrons. The van der Waals surface area contributed by atoms with Crippen molar-refractivity contribution in [3.63, 3.8) is 0 Å². The van der Waals surface area contributed by atoms with Crippen molar-refractivity contribution in [2.75, 3.05) is 25.4 Å². The second kappa shape index (κ2) is 9.82. The Morgan fingerprint density at radius 2 is 2.00 bits per heavy atom. The minimum atomic E-state index is -3.70. The van der Waals surface area contributed by atoms with Gasteiger partial charge in [0.2, 0.25) is 10.0 Å². The molecule has 0 aliphatic carbocycles. The van der Waals surface area contributed by atoms with E-state index in [2.05, 4.69) is 5.32 Å². The monoisotopic (exact) mass is 442 g/mol. The zero-order valence-electron chi connectivity index (χ0n) is 15.4. The molecular formula is C19H23ClN2O4S2. The Balaban J connectivity index is 1.59. The van der Waals surface area contributed by atoms with Gasteiger partial charge in [-0.3, -0.25) is 4.79 Å². The van der Waals surface area contributed by atoms with Gasteiger partial charge in [0.25, 0.3) is 5.91 Å². The normalized spacial score (nSPS) is 15.5. The van der Waals surface area contributed by atoms with Crippen molar-refractivity contribution in [2.24, 2.45) is 0 Å². The van der Waals surface area contributed by atoms with E-state index in [0.29, 0.717) is 19.6 Å². The minimum absolute atomic E-state index is 0.00379. The summed E-state index contributed by atoms with van der Waals surface area (Å²) in [5, 5.41) is 2.95. The van der Waals surface area contributed by atoms with Gasteiger partial charge in [-0.05, 0) is 43.2 Å². The number of nitrogens with one attached hydrogen (secondary N) is 1. The fraction of sp³-hybridized carbons (Fsp3) is 0.421. The molecule has 152 valence electrons. The number of benzene rings is 1. The van der Waals surface area contributed by atoms with E-state index in [1.165, 1.54) is 16.4 Å². The lowest BCUT2D eigenvalue weighted by Gasteiger charge is -2.26. The molecule has 1 aliphatic heterocycles. The van der Waals surface area contributed by atoms with Crippen LogP contribution in [-0.4, -0.2) is 44.0 Å². The number of furan rings is 1. The van der Waals surface area contributed by atoms with Gasteiger partial charge in [-0.25, -0.2) is 8.42 Å². The Kier molecular flexibility index (Phi) is 7.45. The van der Waals surface area contributed by atoms with Gasteiger partial charge in [-0.2, -0.15) is 16.1 Å². The molecule has 9 heteroatoms. The number of thioether (sulfide) groups is 1. The van der Waals surface area contributed by atoms with Gasteiger partial charge in [0, 0.05) is 31.0 Å². The van der Waals surface area contributed by atoms with Crippen LogP contribution in [0, 0.1) is 0 Å². The highest BCUT2D eigenvalue weighted by atomic mass is 35.5. The van der Waals surface area contributed by atoms with Crippen molar-refractivity contribution in [3.05, 3.63) is 52.9 Å². The third kappa shape index (κ3) is 5.31. The molecule has 1 N–H and O–H groups in total. The first-order chi connectivity index (χ1) is 13.5. The van der Waals surface area contributed by atoms with Crippen LogP contribution in [0.1, 0.15) is 35.4 Å². The average molecular weight is 443 g/mol. The number of amides is 1. The number of carbonyl (C=O) groups is 1. The first-order valence-electron chi connectivity index (χ1n) is 9.16. The van der Waals surface area contributed by atoms with E-state index in [4.69, 9.17) is 16.0 Å². The summed E-state index contributed by atoms with van der Waals surface area (Å²) >= 11 is 7.79. The molecule has 3 rings (SSSR count). The van der Waals surface area contributed by atoms with E-state index in [0.717, 1.165) is 36.5 Å². The number of sulfonamides is 1. The predicted molar refractivity (Wildman–Crippen MR) is 111 cm³/mol. The first kappa shape index (κ1) is 21.2. The molecule has 1 aliphatic rings. The number of piperidine rings is 1. The first-order valence-corrected chi connectivity index (χ1v) is 12.1. The highest BCUT2D eigenvalue weighted by molar-refractivity contribution is 7.98. The molecule has 1 saturated heterocycles. The van der Waals surface area contributed by atoms with Gasteiger partial charge in [0.15, 0.2) is 0 Å². The largest absolute Gasteiger partial charge is 0.468 e. The molecule has 0 spiro atoms. The summed E-state index contributed by atoms with van der Waals surface area (Å²) in [6.07, 6.45) is 4.34. The lowest BCUT2D eigenvalue weighted by atomic mass is 10.2. The SMILES string of the molecule is O=C(NCCSCc1ccco1)c1ccc(Cl)c(S(=O)(=O)N2CCCCC2)c1. The number of hydrogen-bond donors (Lipinski definition) is 1. The molecule has 1 aromatic heterocycles. The minimum Gasteiger partial charge on any atom is -0.468 e. The second-order valence-electron chi connectivity index (χ2n) is 6.50. The fourth-order valence-electron chi connectivity index (χ4n) is 2.99. The summed E-state index contributed by atoms with van der Waals surface area (Å²) in [6, 6.07) is 8.14. The van der Waals surface area contributed by atoms with Crippen LogP contribution in [0.5, 0.6) is 0 Å². The summed E-state index contributed by atoms with van der Waals surface area (Å²) < 4.78 is 32.5. The van der Waals surface area contributed by atoms with E-state index >= 15 is 0 Å². The van der Waals surface area contributed by atoms with Gasteiger partial charge in [0.1, 0.15) is 10.7 Å². The Bertz CT molecular complexity index is 895. The number of carbonyl (C=O) groups excluding carboxylic acids is 1. The maximum atomic E-state index is 12.9. The standard InChI is InChI=1S/C19H23ClN2O4S2/c20-17-7-6-15(13-18(17)28(24,25)22-9-2-1-3-10-22)19(23)21-8-12-27-14-16-5-4-11-26-16/h4-7,11,13H,1-3,8-10,12,14H2,(H,21,23). The van der Waals surface area contributed by atoms with Gasteiger partial charge in [-0.1, -0.05) is 18.0 Å². The second-order valence-corrected chi connectivity index (χ2v) is 9.92. The van der Waals surface area contributed by atoms with Crippen molar-refractivity contribution >= 4 is 39.3 Å². The number of nitrogens with zero attached hydrogens (tertiary/aromatic N) is 1. The third-order valence-electron chi connectivity index (χ3n) is 4.48. The van der Waals surface area contributed by atoms with Crippen molar-refractivity contribution in [2.45, 2.75) is 29.9 Å². The van der Waals surface area contributed by atoms with E-state index in [9.17, 15) is 13.2 Å². The van der Waals surface area contributed by atoms with Crippen LogP contribution in [0.3, 0.4) is 0 Å². The maximum absolute atomic E-state index is 12.9. The fourth-order valence-corrected chi connectivity index (χ4v) is 5.77. The van der Waals surface area contributed by atoms with Gasteiger partial charge in [-0.15, -0.1) is 0 Å². The van der Waals surface area contributed by atoms with Crippen molar-refractivity contribution in [1.29, 1.82) is 0 Å². The van der Waals surface area contributed by atoms with E-state index in [-0.39, 0.29) is 21.4 Å². The van der Waals surface area contributed by atoms with Crippen LogP contribution in [0.4, 0.5) is 0 Å². The summed E-state index contributed by atoms with van der Waals surface area (Å²) in [5.74, 6) is 2.04. The Morgan fingerprint density at radius 1 is 1.21 bits per heavy atom. The lowest BCUT2D eigenvalue weighted by molar-refractivity contribution is 0.0956. The summed E-state index contributed by atoms with van der Waals surface area (Å²) in [5.41, 5.74) is 0.288. The van der Waals surface area contributed by atoms with Crippen LogP contribution < -0.4 is 5.32 Å². The predicted octanol–water partition coefficient (Wildman–Crippen LogP) is 3.77. The molecular weight excluding hydrogens is 420 g/mol. The van der Waals surface area contributed by atoms with Gasteiger partial charge >= 0.3 is 0 Å². The molecule has 1 aromatic carbocycles. The molecule has 1 amide bonds. The van der Waals surface area contributed by atoms with E-state index < -0.39 is 10.0 Å². The average Bonchev–Trinajstić information content (AvgIpc) is 3.22. The van der Waals surface area contributed by atoms with Crippen molar-refractivity contribution < 1.29 is 17.6 Å². The summed E-state index contributed by atoms with van der Waals surface area (Å²) in [6.45, 7) is 1.45. The third-order valence-corrected chi connectivity index (χ3v) is 7.84. The molecule has 28 heavy (non-hydrogen) atoms. The molecule has 1 fully saturated rings. The summed E-state index contributed by atoms with van der Waals surface area (Å²) in [4.78, 5) is 12.4. The number of halogens is 1. The zero-order valence-corrected chi connectivity index (χ0v) is 17.8. The zero-order chi connectivity index (χ0) is 20.0. The maximum Gasteiger partial charge on any atom is 0.251 e. The Labute approximate surface area is 174 Å². The van der Waals surface area contributed by atoms with E-state index in [1.807, 2.05) is 12.1 Å². The smallest absolute Gasteiger partial charge is 0.251 e. The van der Waals surface area contributed by atoms with E-state index in [1.54, 1.807) is 24.1 Å². The quantitative estimate of drug-likeness (QED) is 0.629. The van der Waals surface area contributed by atoms with Gasteiger partial charge in [0.05, 0.1) is 17.0 Å². The van der Waals surface area contributed by atoms with Gasteiger partial charge < -0.3 is 9.73 Å². The Morgan fingerprint density at radius 3 is 2.71 bits per heavy atom.